The van der Waals surface area contributed by atoms with Crippen LogP contribution in [-0.4, -0.2) is 16.0 Å². The minimum Gasteiger partial charge on any atom is -0.293 e. The van der Waals surface area contributed by atoms with Crippen LogP contribution in [0.5, 0.6) is 0 Å². The molecule has 0 atom stereocenters. The number of benzene rings is 1. The number of rotatable bonds is 3. The Bertz CT molecular complexity index is 436. The number of Topliss-reactive ketones (excluding diaryl/α,β-unsaturated/α-hetero) is 1. The first-order valence-electron chi connectivity index (χ1n) is 3.70. The third-order valence-corrected chi connectivity index (χ3v) is 2.80. The van der Waals surface area contributed by atoms with Gasteiger partial charge in [0, 0.05) is 6.07 Å². The molecule has 0 amide bonds. The Morgan fingerprint density at radius 3 is 2.60 bits per heavy atom. The van der Waals surface area contributed by atoms with Gasteiger partial charge < -0.3 is 0 Å². The van der Waals surface area contributed by atoms with Gasteiger partial charge in [0.05, 0.1) is 20.3 Å². The van der Waals surface area contributed by atoms with E-state index in [2.05, 4.69) is 31.9 Å². The van der Waals surface area contributed by atoms with Gasteiger partial charge in [-0.2, -0.15) is 0 Å². The molecular weight excluding hydrogens is 337 g/mol. The second-order valence-electron chi connectivity index (χ2n) is 2.60. The zero-order valence-electron chi connectivity index (χ0n) is 7.17. The van der Waals surface area contributed by atoms with Gasteiger partial charge >= 0.3 is 0 Å². The van der Waals surface area contributed by atoms with Crippen LogP contribution >= 0.6 is 31.9 Å². The van der Waals surface area contributed by atoms with Crippen LogP contribution in [0.2, 0.25) is 0 Å². The summed E-state index contributed by atoms with van der Waals surface area (Å²) >= 11 is 5.72. The molecule has 4 nitrogen and oxygen atoms in total. The first-order chi connectivity index (χ1) is 6.97. The third kappa shape index (κ3) is 2.60. The molecule has 0 aliphatic rings. The van der Waals surface area contributed by atoms with Crippen LogP contribution in [0.3, 0.4) is 0 Å². The molecule has 15 heavy (non-hydrogen) atoms. The molecule has 1 aromatic rings. The first kappa shape index (κ1) is 12.3. The topological polar surface area (TPSA) is 60.2 Å². The molecule has 0 N–H and O–H groups in total. The van der Waals surface area contributed by atoms with Crippen LogP contribution in [0.1, 0.15) is 10.4 Å². The third-order valence-electron chi connectivity index (χ3n) is 1.65. The van der Waals surface area contributed by atoms with Gasteiger partial charge in [-0.25, -0.2) is 4.39 Å². The molecule has 0 fully saturated rings. The molecule has 1 aromatic carbocycles. The Labute approximate surface area is 101 Å². The number of ketones is 1. The van der Waals surface area contributed by atoms with Crippen molar-refractivity contribution in [3.05, 3.63) is 38.1 Å². The summed E-state index contributed by atoms with van der Waals surface area (Å²) in [5.41, 5.74) is -0.623. The summed E-state index contributed by atoms with van der Waals surface area (Å²) in [7, 11) is 0. The molecule has 0 bridgehead atoms. The van der Waals surface area contributed by atoms with E-state index in [0.717, 1.165) is 12.1 Å². The standard InChI is InChI=1S/C8H4Br2FNO3/c9-3-8(13)4-1-7(12(14)15)5(10)2-6(4)11/h1-2H,3H2. The lowest BCUT2D eigenvalue weighted by Gasteiger charge is -2.01. The number of hydrogen-bond donors (Lipinski definition) is 0. The molecule has 0 unspecified atom stereocenters. The lowest BCUT2D eigenvalue weighted by Crippen LogP contribution is -2.05. The number of halogens is 3. The average molecular weight is 341 g/mol. The Morgan fingerprint density at radius 2 is 2.13 bits per heavy atom. The summed E-state index contributed by atoms with van der Waals surface area (Å²) in [6, 6.07) is 1.83. The smallest absolute Gasteiger partial charge is 0.284 e. The number of nitrogens with zero attached hydrogens (tertiary/aromatic N) is 1. The molecule has 7 heteroatoms. The van der Waals surface area contributed by atoms with Gasteiger partial charge in [-0.15, -0.1) is 0 Å². The van der Waals surface area contributed by atoms with Gasteiger partial charge in [-0.3, -0.25) is 14.9 Å². The second kappa shape index (κ2) is 4.80. The largest absolute Gasteiger partial charge is 0.293 e. The Kier molecular flexibility index (Phi) is 3.92. The fourth-order valence-electron chi connectivity index (χ4n) is 0.963. The van der Waals surface area contributed by atoms with E-state index < -0.39 is 16.5 Å². The van der Waals surface area contributed by atoms with E-state index in [-0.39, 0.29) is 21.1 Å². The van der Waals surface area contributed by atoms with Crippen LogP contribution in [0, 0.1) is 15.9 Å². The molecule has 0 spiro atoms. The number of carbonyl (C=O) groups excluding carboxylic acids is 1. The highest BCUT2D eigenvalue weighted by molar-refractivity contribution is 9.10. The highest BCUT2D eigenvalue weighted by Gasteiger charge is 2.19. The molecule has 0 heterocycles. The number of hydrogen-bond acceptors (Lipinski definition) is 3. The van der Waals surface area contributed by atoms with Crippen molar-refractivity contribution in [2.75, 3.05) is 5.33 Å². The molecule has 0 saturated carbocycles. The van der Waals surface area contributed by atoms with Crippen LogP contribution < -0.4 is 0 Å². The summed E-state index contributed by atoms with van der Waals surface area (Å²) in [6.45, 7) is 0. The van der Waals surface area contributed by atoms with Gasteiger partial charge in [-0.1, -0.05) is 15.9 Å². The summed E-state index contributed by atoms with van der Waals surface area (Å²) < 4.78 is 13.2. The zero-order valence-corrected chi connectivity index (χ0v) is 10.3. The number of nitro benzene ring substituents is 1. The molecule has 0 aliphatic carbocycles. The summed E-state index contributed by atoms with van der Waals surface area (Å²) in [5, 5.41) is 10.4. The Morgan fingerprint density at radius 1 is 1.53 bits per heavy atom. The van der Waals surface area contributed by atoms with Crippen molar-refractivity contribution < 1.29 is 14.1 Å². The zero-order chi connectivity index (χ0) is 11.6. The first-order valence-corrected chi connectivity index (χ1v) is 5.61. The van der Waals surface area contributed by atoms with Crippen molar-refractivity contribution >= 4 is 43.3 Å². The van der Waals surface area contributed by atoms with E-state index in [1.165, 1.54) is 0 Å². The average Bonchev–Trinajstić information content (AvgIpc) is 2.16. The fourth-order valence-corrected chi connectivity index (χ4v) is 1.73. The molecule has 0 saturated heterocycles. The summed E-state index contributed by atoms with van der Waals surface area (Å²) in [6.07, 6.45) is 0. The SMILES string of the molecule is O=C(CBr)c1cc([N+](=O)[O-])c(Br)cc1F. The molecule has 80 valence electrons. The maximum atomic E-state index is 13.2. The highest BCUT2D eigenvalue weighted by Crippen LogP contribution is 2.28. The van der Waals surface area contributed by atoms with Gasteiger partial charge in [0.1, 0.15) is 5.82 Å². The van der Waals surface area contributed by atoms with Crippen molar-refractivity contribution in [3.63, 3.8) is 0 Å². The predicted octanol–water partition coefficient (Wildman–Crippen LogP) is 3.07. The minimum absolute atomic E-state index is 0.0103. The monoisotopic (exact) mass is 339 g/mol. The van der Waals surface area contributed by atoms with Crippen LogP contribution in [0.25, 0.3) is 0 Å². The quantitative estimate of drug-likeness (QED) is 0.367. The predicted molar refractivity (Wildman–Crippen MR) is 58.9 cm³/mol. The molecule has 0 aromatic heterocycles. The number of carbonyl (C=O) groups is 1. The maximum Gasteiger partial charge on any atom is 0.284 e. The molecule has 1 rings (SSSR count). The van der Waals surface area contributed by atoms with Gasteiger partial charge in [0.25, 0.3) is 5.69 Å². The van der Waals surface area contributed by atoms with E-state index >= 15 is 0 Å². The van der Waals surface area contributed by atoms with Crippen LogP contribution in [-0.2, 0) is 0 Å². The van der Waals surface area contributed by atoms with Crippen molar-refractivity contribution in [2.24, 2.45) is 0 Å². The van der Waals surface area contributed by atoms with Crippen molar-refractivity contribution in [3.8, 4) is 0 Å². The van der Waals surface area contributed by atoms with E-state index in [1.54, 1.807) is 0 Å². The lowest BCUT2D eigenvalue weighted by molar-refractivity contribution is -0.385. The van der Waals surface area contributed by atoms with E-state index in [1.807, 2.05) is 0 Å². The summed E-state index contributed by atoms with van der Waals surface area (Å²) in [5.74, 6) is -1.32. The number of alkyl halides is 1. The normalized spacial score (nSPS) is 10.1. The summed E-state index contributed by atoms with van der Waals surface area (Å²) in [4.78, 5) is 21.0. The lowest BCUT2D eigenvalue weighted by atomic mass is 10.1. The van der Waals surface area contributed by atoms with Gasteiger partial charge in [0.15, 0.2) is 5.78 Å². The molecule has 0 radical (unpaired) electrons. The maximum absolute atomic E-state index is 13.2. The Hall–Kier alpha value is -0.820. The van der Waals surface area contributed by atoms with Crippen molar-refractivity contribution in [2.45, 2.75) is 0 Å². The van der Waals surface area contributed by atoms with E-state index in [0.29, 0.717) is 0 Å². The van der Waals surface area contributed by atoms with Gasteiger partial charge in [0.2, 0.25) is 0 Å². The van der Waals surface area contributed by atoms with E-state index in [4.69, 9.17) is 0 Å². The molecular formula is C8H4Br2FNO3. The second-order valence-corrected chi connectivity index (χ2v) is 4.01. The van der Waals surface area contributed by atoms with Crippen molar-refractivity contribution in [1.29, 1.82) is 0 Å². The van der Waals surface area contributed by atoms with Gasteiger partial charge in [-0.05, 0) is 22.0 Å². The number of nitro groups is 1. The van der Waals surface area contributed by atoms with Crippen LogP contribution in [0.4, 0.5) is 10.1 Å². The highest BCUT2D eigenvalue weighted by atomic mass is 79.9. The minimum atomic E-state index is -0.781. The molecule has 0 aliphatic heterocycles. The van der Waals surface area contributed by atoms with E-state index in [9.17, 15) is 19.3 Å². The van der Waals surface area contributed by atoms with Crippen molar-refractivity contribution in [1.82, 2.24) is 0 Å². The Balaban J connectivity index is 3.36. The van der Waals surface area contributed by atoms with Crippen LogP contribution in [0.15, 0.2) is 16.6 Å². The fraction of sp³-hybridized carbons (Fsp3) is 0.125.